The molecule has 4 heteroatoms. The van der Waals surface area contributed by atoms with Crippen molar-refractivity contribution in [2.45, 2.75) is 18.9 Å². The van der Waals surface area contributed by atoms with E-state index in [0.717, 1.165) is 11.6 Å². The molecule has 0 amide bonds. The van der Waals surface area contributed by atoms with Crippen LogP contribution in [0.1, 0.15) is 11.1 Å². The van der Waals surface area contributed by atoms with Gasteiger partial charge in [0.2, 0.25) is 0 Å². The fraction of sp³-hybridized carbons (Fsp3) is 0.200. The fourth-order valence-electron chi connectivity index (χ4n) is 1.97. The largest absolute Gasteiger partial charge is 0.392 e. The van der Waals surface area contributed by atoms with Crippen LogP contribution in [0.15, 0.2) is 42.5 Å². The van der Waals surface area contributed by atoms with E-state index in [1.165, 1.54) is 12.1 Å². The van der Waals surface area contributed by atoms with Gasteiger partial charge in [-0.1, -0.05) is 23.7 Å². The van der Waals surface area contributed by atoms with Crippen LogP contribution in [0, 0.1) is 11.6 Å². The van der Waals surface area contributed by atoms with Gasteiger partial charge >= 0.3 is 0 Å². The maximum Gasteiger partial charge on any atom is 0.126 e. The van der Waals surface area contributed by atoms with Crippen LogP contribution >= 0.6 is 11.6 Å². The Morgan fingerprint density at radius 2 is 1.42 bits per heavy atom. The molecule has 0 spiro atoms. The van der Waals surface area contributed by atoms with Gasteiger partial charge in [0.15, 0.2) is 0 Å². The molecule has 1 atom stereocenters. The van der Waals surface area contributed by atoms with Crippen molar-refractivity contribution in [3.63, 3.8) is 0 Å². The first-order chi connectivity index (χ1) is 9.02. The summed E-state index contributed by atoms with van der Waals surface area (Å²) in [5, 5.41) is 10.6. The molecule has 19 heavy (non-hydrogen) atoms. The quantitative estimate of drug-likeness (QED) is 0.905. The predicted molar refractivity (Wildman–Crippen MR) is 71.2 cm³/mol. The van der Waals surface area contributed by atoms with E-state index < -0.39 is 17.7 Å². The summed E-state index contributed by atoms with van der Waals surface area (Å²) in [4.78, 5) is 0. The molecule has 0 aliphatic rings. The molecule has 0 aromatic heterocycles. The van der Waals surface area contributed by atoms with E-state index in [1.807, 2.05) is 12.1 Å². The molecule has 100 valence electrons. The number of aliphatic hydroxyl groups excluding tert-OH is 1. The fourth-order valence-corrected chi connectivity index (χ4v) is 2.09. The number of halogens is 3. The lowest BCUT2D eigenvalue weighted by Crippen LogP contribution is -2.14. The molecule has 2 aromatic rings. The molecule has 1 N–H and O–H groups in total. The van der Waals surface area contributed by atoms with Gasteiger partial charge in [-0.05, 0) is 48.2 Å². The second-order valence-corrected chi connectivity index (χ2v) is 4.90. The Balaban J connectivity index is 2.00. The van der Waals surface area contributed by atoms with Gasteiger partial charge in [-0.25, -0.2) is 8.78 Å². The Morgan fingerprint density at radius 3 is 2.00 bits per heavy atom. The highest BCUT2D eigenvalue weighted by Gasteiger charge is 2.09. The highest BCUT2D eigenvalue weighted by atomic mass is 35.5. The minimum Gasteiger partial charge on any atom is -0.392 e. The summed E-state index contributed by atoms with van der Waals surface area (Å²) in [6.07, 6.45) is -0.0746. The first-order valence-corrected chi connectivity index (χ1v) is 6.28. The molecule has 2 rings (SSSR count). The average Bonchev–Trinajstić information content (AvgIpc) is 2.30. The zero-order valence-electron chi connectivity index (χ0n) is 10.1. The maximum atomic E-state index is 13.0. The highest BCUT2D eigenvalue weighted by Crippen LogP contribution is 2.14. The van der Waals surface area contributed by atoms with Crippen LogP contribution in [0.25, 0.3) is 0 Å². The van der Waals surface area contributed by atoms with Gasteiger partial charge in [0, 0.05) is 11.1 Å². The third kappa shape index (κ3) is 4.30. The predicted octanol–water partition coefficient (Wildman–Crippen LogP) is 3.76. The molecule has 0 fully saturated rings. The molecule has 0 radical (unpaired) electrons. The van der Waals surface area contributed by atoms with Crippen LogP contribution in [-0.4, -0.2) is 11.2 Å². The summed E-state index contributed by atoms with van der Waals surface area (Å²) in [5.74, 6) is -1.26. The van der Waals surface area contributed by atoms with Gasteiger partial charge in [-0.2, -0.15) is 0 Å². The minimum absolute atomic E-state index is 0.206. The van der Waals surface area contributed by atoms with Gasteiger partial charge in [0.05, 0.1) is 6.10 Å². The second-order valence-electron chi connectivity index (χ2n) is 4.47. The van der Waals surface area contributed by atoms with Crippen molar-refractivity contribution >= 4 is 11.6 Å². The number of benzene rings is 2. The third-order valence-electron chi connectivity index (χ3n) is 2.78. The van der Waals surface area contributed by atoms with E-state index in [1.54, 1.807) is 12.1 Å². The maximum absolute atomic E-state index is 13.0. The van der Waals surface area contributed by atoms with Crippen LogP contribution < -0.4 is 0 Å². The average molecular weight is 283 g/mol. The Kier molecular flexibility index (Phi) is 4.51. The van der Waals surface area contributed by atoms with E-state index in [9.17, 15) is 13.9 Å². The summed E-state index contributed by atoms with van der Waals surface area (Å²) in [5.41, 5.74) is 1.37. The Bertz CT molecular complexity index is 534. The lowest BCUT2D eigenvalue weighted by molar-refractivity contribution is 0.175. The van der Waals surface area contributed by atoms with Crippen molar-refractivity contribution in [3.05, 3.63) is 70.2 Å². The molecule has 0 bridgehead atoms. The molecule has 1 nitrogen and oxygen atoms in total. The zero-order valence-corrected chi connectivity index (χ0v) is 10.9. The summed E-state index contributed by atoms with van der Waals surface area (Å²) in [6, 6.07) is 10.4. The minimum atomic E-state index is -0.692. The SMILES string of the molecule is OC(Cc1ccc(Cl)cc1)Cc1cc(F)cc(F)c1. The van der Waals surface area contributed by atoms with Gasteiger partial charge in [0.1, 0.15) is 11.6 Å². The van der Waals surface area contributed by atoms with Crippen LogP contribution in [0.4, 0.5) is 8.78 Å². The smallest absolute Gasteiger partial charge is 0.126 e. The highest BCUT2D eigenvalue weighted by molar-refractivity contribution is 6.30. The molecule has 0 aliphatic heterocycles. The topological polar surface area (TPSA) is 20.2 Å². The number of rotatable bonds is 4. The zero-order chi connectivity index (χ0) is 13.8. The first kappa shape index (κ1) is 14.0. The van der Waals surface area contributed by atoms with Gasteiger partial charge in [-0.15, -0.1) is 0 Å². The van der Waals surface area contributed by atoms with Crippen LogP contribution in [0.3, 0.4) is 0 Å². The third-order valence-corrected chi connectivity index (χ3v) is 3.03. The standard InChI is InChI=1S/C15H13ClF2O/c16-12-3-1-10(2-4-12)7-15(19)8-11-5-13(17)9-14(18)6-11/h1-6,9,15,19H,7-8H2. The molecular formula is C15H13ClF2O. The molecule has 0 saturated carbocycles. The van der Waals surface area contributed by atoms with Gasteiger partial charge in [-0.3, -0.25) is 0 Å². The van der Waals surface area contributed by atoms with E-state index in [2.05, 4.69) is 0 Å². The normalized spacial score (nSPS) is 12.4. The summed E-state index contributed by atoms with van der Waals surface area (Å²) in [7, 11) is 0. The molecule has 1 unspecified atom stereocenters. The Hall–Kier alpha value is -1.45. The Labute approximate surface area is 115 Å². The summed E-state index contributed by atoms with van der Waals surface area (Å²) < 4.78 is 26.0. The first-order valence-electron chi connectivity index (χ1n) is 5.90. The lowest BCUT2D eigenvalue weighted by atomic mass is 10.0. The van der Waals surface area contributed by atoms with Crippen molar-refractivity contribution in [3.8, 4) is 0 Å². The monoisotopic (exact) mass is 282 g/mol. The summed E-state index contributed by atoms with van der Waals surface area (Å²) in [6.45, 7) is 0. The van der Waals surface area contributed by atoms with Gasteiger partial charge < -0.3 is 5.11 Å². The van der Waals surface area contributed by atoms with Crippen LogP contribution in [-0.2, 0) is 12.8 Å². The van der Waals surface area contributed by atoms with E-state index in [4.69, 9.17) is 11.6 Å². The van der Waals surface area contributed by atoms with Crippen molar-refractivity contribution in [2.75, 3.05) is 0 Å². The number of hydrogen-bond acceptors (Lipinski definition) is 1. The molecular weight excluding hydrogens is 270 g/mol. The van der Waals surface area contributed by atoms with Crippen LogP contribution in [0.5, 0.6) is 0 Å². The Morgan fingerprint density at radius 1 is 0.895 bits per heavy atom. The van der Waals surface area contributed by atoms with Crippen molar-refractivity contribution in [2.24, 2.45) is 0 Å². The molecule has 0 saturated heterocycles. The second kappa shape index (κ2) is 6.13. The van der Waals surface area contributed by atoms with Crippen LogP contribution in [0.2, 0.25) is 5.02 Å². The van der Waals surface area contributed by atoms with E-state index >= 15 is 0 Å². The number of hydrogen-bond donors (Lipinski definition) is 1. The molecule has 0 aliphatic carbocycles. The van der Waals surface area contributed by atoms with E-state index in [0.29, 0.717) is 17.0 Å². The van der Waals surface area contributed by atoms with E-state index in [-0.39, 0.29) is 6.42 Å². The van der Waals surface area contributed by atoms with Gasteiger partial charge in [0.25, 0.3) is 0 Å². The molecule has 0 heterocycles. The lowest BCUT2D eigenvalue weighted by Gasteiger charge is -2.11. The molecule has 2 aromatic carbocycles. The summed E-state index contributed by atoms with van der Waals surface area (Å²) >= 11 is 5.77. The van der Waals surface area contributed by atoms with Crippen molar-refractivity contribution in [1.82, 2.24) is 0 Å². The van der Waals surface area contributed by atoms with Crippen molar-refractivity contribution < 1.29 is 13.9 Å². The number of aliphatic hydroxyl groups is 1. The van der Waals surface area contributed by atoms with Crippen molar-refractivity contribution in [1.29, 1.82) is 0 Å².